The third-order valence-electron chi connectivity index (χ3n) is 0.852. The van der Waals surface area contributed by atoms with Crippen molar-refractivity contribution in [3.8, 4) is 0 Å². The Hall–Kier alpha value is -0.410. The average molecular weight is 132 g/mol. The highest BCUT2D eigenvalue weighted by molar-refractivity contribution is 5.61. The number of hydrogen-bond donors (Lipinski definition) is 1. The summed E-state index contributed by atoms with van der Waals surface area (Å²) in [5, 5.41) is 8.96. The second kappa shape index (κ2) is 3.58. The highest BCUT2D eigenvalue weighted by atomic mass is 16.5. The van der Waals surface area contributed by atoms with Gasteiger partial charge in [0.2, 0.25) is 0 Å². The molecule has 0 rings (SSSR count). The van der Waals surface area contributed by atoms with Gasteiger partial charge in [-0.05, 0) is 13.8 Å². The minimum atomic E-state index is -1.31. The number of carbonyl (C=O) groups is 1. The molecule has 0 aliphatic heterocycles. The Labute approximate surface area is 54.6 Å². The summed E-state index contributed by atoms with van der Waals surface area (Å²) in [6.07, 6.45) is 0.475. The minimum absolute atomic E-state index is 0.0764. The summed E-state index contributed by atoms with van der Waals surface area (Å²) >= 11 is 0. The predicted molar refractivity (Wildman–Crippen MR) is 33.2 cm³/mol. The number of ether oxygens (including phenoxy) is 1. The van der Waals surface area contributed by atoms with Crippen LogP contribution in [0.15, 0.2) is 0 Å². The van der Waals surface area contributed by atoms with Crippen LogP contribution in [0.5, 0.6) is 0 Å². The maximum absolute atomic E-state index is 10.0. The zero-order valence-corrected chi connectivity index (χ0v) is 5.76. The topological polar surface area (TPSA) is 46.5 Å². The van der Waals surface area contributed by atoms with Gasteiger partial charge in [-0.3, -0.25) is 0 Å². The van der Waals surface area contributed by atoms with Crippen LogP contribution >= 0.6 is 0 Å². The van der Waals surface area contributed by atoms with Crippen LogP contribution < -0.4 is 0 Å². The Morgan fingerprint density at radius 1 is 1.78 bits per heavy atom. The first-order valence-corrected chi connectivity index (χ1v) is 2.89. The Kier molecular flexibility index (Phi) is 3.42. The molecule has 0 aromatic heterocycles. The third-order valence-corrected chi connectivity index (χ3v) is 0.852. The molecule has 1 atom stereocenters. The lowest BCUT2D eigenvalue weighted by atomic mass is 10.1. The summed E-state index contributed by atoms with van der Waals surface area (Å²) in [4.78, 5) is 10.0. The monoisotopic (exact) mass is 132 g/mol. The summed E-state index contributed by atoms with van der Waals surface area (Å²) in [5.74, 6) is 0. The van der Waals surface area contributed by atoms with E-state index in [4.69, 9.17) is 9.84 Å². The van der Waals surface area contributed by atoms with E-state index in [9.17, 15) is 4.79 Å². The van der Waals surface area contributed by atoms with Crippen molar-refractivity contribution >= 4 is 6.29 Å². The maximum atomic E-state index is 10.0. The molecular weight excluding hydrogens is 120 g/mol. The van der Waals surface area contributed by atoms with Gasteiger partial charge in [-0.1, -0.05) is 0 Å². The zero-order chi connectivity index (χ0) is 7.33. The van der Waals surface area contributed by atoms with Gasteiger partial charge in [0.25, 0.3) is 0 Å². The first-order chi connectivity index (χ1) is 4.12. The van der Waals surface area contributed by atoms with E-state index >= 15 is 0 Å². The van der Waals surface area contributed by atoms with E-state index in [2.05, 4.69) is 0 Å². The summed E-state index contributed by atoms with van der Waals surface area (Å²) in [6, 6.07) is 0. The summed E-state index contributed by atoms with van der Waals surface area (Å²) in [5.41, 5.74) is -1.31. The van der Waals surface area contributed by atoms with Crippen molar-refractivity contribution in [2.75, 3.05) is 13.2 Å². The van der Waals surface area contributed by atoms with Gasteiger partial charge in [-0.2, -0.15) is 0 Å². The van der Waals surface area contributed by atoms with Gasteiger partial charge in [-0.15, -0.1) is 0 Å². The second-order valence-corrected chi connectivity index (χ2v) is 2.11. The van der Waals surface area contributed by atoms with E-state index in [1.807, 2.05) is 0 Å². The van der Waals surface area contributed by atoms with Crippen LogP contribution in [0.3, 0.4) is 0 Å². The molecule has 0 saturated carbocycles. The van der Waals surface area contributed by atoms with Crippen LogP contribution in [-0.4, -0.2) is 30.2 Å². The standard InChI is InChI=1S/C6H12O3/c1-3-9-5-6(2,8)4-7/h4,8H,3,5H2,1-2H3. The van der Waals surface area contributed by atoms with Crippen LogP contribution in [0, 0.1) is 0 Å². The fourth-order valence-electron chi connectivity index (χ4n) is 0.343. The number of rotatable bonds is 4. The molecule has 1 N–H and O–H groups in total. The largest absolute Gasteiger partial charge is 0.380 e. The number of carbonyl (C=O) groups excluding carboxylic acids is 1. The van der Waals surface area contributed by atoms with Gasteiger partial charge in [0.1, 0.15) is 5.60 Å². The van der Waals surface area contributed by atoms with E-state index in [1.54, 1.807) is 6.92 Å². The summed E-state index contributed by atoms with van der Waals surface area (Å²) < 4.78 is 4.81. The van der Waals surface area contributed by atoms with Crippen molar-refractivity contribution in [2.45, 2.75) is 19.4 Å². The highest BCUT2D eigenvalue weighted by Gasteiger charge is 2.17. The van der Waals surface area contributed by atoms with Gasteiger partial charge in [0.05, 0.1) is 6.61 Å². The lowest BCUT2D eigenvalue weighted by Crippen LogP contribution is -2.32. The quantitative estimate of drug-likeness (QED) is 0.546. The SMILES string of the molecule is CCOCC(C)(O)C=O. The molecule has 54 valence electrons. The lowest BCUT2D eigenvalue weighted by Gasteiger charge is -2.13. The van der Waals surface area contributed by atoms with Crippen LogP contribution in [-0.2, 0) is 9.53 Å². The highest BCUT2D eigenvalue weighted by Crippen LogP contribution is 1.97. The molecule has 0 aliphatic carbocycles. The van der Waals surface area contributed by atoms with Gasteiger partial charge in [0.15, 0.2) is 6.29 Å². The van der Waals surface area contributed by atoms with E-state index in [0.717, 1.165) is 0 Å². The number of hydrogen-bond acceptors (Lipinski definition) is 3. The number of aliphatic hydroxyl groups is 1. The molecule has 0 saturated heterocycles. The normalized spacial score (nSPS) is 16.8. The molecule has 0 amide bonds. The molecule has 1 unspecified atom stereocenters. The molecular formula is C6H12O3. The molecule has 3 heteroatoms. The fraction of sp³-hybridized carbons (Fsp3) is 0.833. The van der Waals surface area contributed by atoms with Crippen molar-refractivity contribution in [1.82, 2.24) is 0 Å². The molecule has 3 nitrogen and oxygen atoms in total. The van der Waals surface area contributed by atoms with E-state index in [0.29, 0.717) is 12.9 Å². The van der Waals surface area contributed by atoms with Crippen molar-refractivity contribution in [3.05, 3.63) is 0 Å². The Morgan fingerprint density at radius 3 is 2.67 bits per heavy atom. The molecule has 0 fully saturated rings. The van der Waals surface area contributed by atoms with Gasteiger partial charge < -0.3 is 14.6 Å². The van der Waals surface area contributed by atoms with Crippen LogP contribution in [0.2, 0.25) is 0 Å². The van der Waals surface area contributed by atoms with Crippen LogP contribution in [0.1, 0.15) is 13.8 Å². The van der Waals surface area contributed by atoms with Gasteiger partial charge in [-0.25, -0.2) is 0 Å². The average Bonchev–Trinajstić information content (AvgIpc) is 1.84. The van der Waals surface area contributed by atoms with Crippen molar-refractivity contribution in [1.29, 1.82) is 0 Å². The Bertz CT molecular complexity index is 88.3. The van der Waals surface area contributed by atoms with Crippen molar-refractivity contribution < 1.29 is 14.6 Å². The molecule has 0 bridgehead atoms. The Morgan fingerprint density at radius 2 is 2.33 bits per heavy atom. The third kappa shape index (κ3) is 4.12. The molecule has 9 heavy (non-hydrogen) atoms. The van der Waals surface area contributed by atoms with Crippen molar-refractivity contribution in [3.63, 3.8) is 0 Å². The number of aldehydes is 1. The zero-order valence-electron chi connectivity index (χ0n) is 5.76. The summed E-state index contributed by atoms with van der Waals surface area (Å²) in [7, 11) is 0. The molecule has 0 heterocycles. The fourth-order valence-corrected chi connectivity index (χ4v) is 0.343. The van der Waals surface area contributed by atoms with Gasteiger partial charge >= 0.3 is 0 Å². The second-order valence-electron chi connectivity index (χ2n) is 2.11. The molecule has 0 aromatic rings. The summed E-state index contributed by atoms with van der Waals surface area (Å²) in [6.45, 7) is 3.81. The van der Waals surface area contributed by atoms with Crippen LogP contribution in [0.25, 0.3) is 0 Å². The molecule has 0 aromatic carbocycles. The Balaban J connectivity index is 3.45. The molecule has 0 radical (unpaired) electrons. The van der Waals surface area contributed by atoms with Gasteiger partial charge in [0, 0.05) is 6.61 Å². The van der Waals surface area contributed by atoms with E-state index in [1.165, 1.54) is 6.92 Å². The van der Waals surface area contributed by atoms with E-state index in [-0.39, 0.29) is 6.61 Å². The smallest absolute Gasteiger partial charge is 0.153 e. The first kappa shape index (κ1) is 8.59. The molecule has 0 spiro atoms. The molecule has 0 aliphatic rings. The van der Waals surface area contributed by atoms with Crippen molar-refractivity contribution in [2.24, 2.45) is 0 Å². The predicted octanol–water partition coefficient (Wildman–Crippen LogP) is -0.0272. The van der Waals surface area contributed by atoms with Crippen LogP contribution in [0.4, 0.5) is 0 Å². The first-order valence-electron chi connectivity index (χ1n) is 2.89. The minimum Gasteiger partial charge on any atom is -0.380 e. The maximum Gasteiger partial charge on any atom is 0.153 e. The van der Waals surface area contributed by atoms with E-state index < -0.39 is 5.60 Å². The lowest BCUT2D eigenvalue weighted by molar-refractivity contribution is -0.128.